The zero-order valence-corrected chi connectivity index (χ0v) is 11.9. The third kappa shape index (κ3) is 3.46. The van der Waals surface area contributed by atoms with Gasteiger partial charge in [-0.05, 0) is 46.3 Å². The van der Waals surface area contributed by atoms with Crippen molar-refractivity contribution in [2.75, 3.05) is 12.4 Å². The molecule has 1 aromatic carbocycles. The first-order valence-electron chi connectivity index (χ1n) is 5.63. The van der Waals surface area contributed by atoms with E-state index in [1.165, 1.54) is 0 Å². The summed E-state index contributed by atoms with van der Waals surface area (Å²) in [5.41, 5.74) is 1.67. The molecule has 0 amide bonds. The lowest BCUT2D eigenvalue weighted by atomic mass is 10.1. The Morgan fingerprint density at radius 1 is 1.32 bits per heavy atom. The van der Waals surface area contributed by atoms with Crippen molar-refractivity contribution < 1.29 is 4.74 Å². The van der Waals surface area contributed by atoms with Crippen LogP contribution in [-0.4, -0.2) is 12.1 Å². The fraction of sp³-hybridized carbons (Fsp3) is 0.143. The molecule has 19 heavy (non-hydrogen) atoms. The summed E-state index contributed by atoms with van der Waals surface area (Å²) in [7, 11) is 1.62. The van der Waals surface area contributed by atoms with Crippen molar-refractivity contribution in [3.63, 3.8) is 0 Å². The Labute approximate surface area is 120 Å². The van der Waals surface area contributed by atoms with Gasteiger partial charge in [0.25, 0.3) is 0 Å². The predicted octanol–water partition coefficient (Wildman–Crippen LogP) is 3.53. The topological polar surface area (TPSA) is 57.9 Å². The predicted molar refractivity (Wildman–Crippen MR) is 76.9 cm³/mol. The highest BCUT2D eigenvalue weighted by atomic mass is 79.9. The lowest BCUT2D eigenvalue weighted by Gasteiger charge is -2.13. The van der Waals surface area contributed by atoms with Gasteiger partial charge in [0.2, 0.25) is 0 Å². The van der Waals surface area contributed by atoms with E-state index in [0.717, 1.165) is 21.5 Å². The molecule has 0 aliphatic carbocycles. The van der Waals surface area contributed by atoms with Gasteiger partial charge in [-0.1, -0.05) is 0 Å². The average molecular weight is 318 g/mol. The molecule has 1 atom stereocenters. The standard InChI is InChI=1S/C14H12BrN3O/c1-19-13-4-2-12(3-5-13)18-14(7-16)10-6-11(15)9-17-8-10/h2-6,8-9,14,18H,1H3. The van der Waals surface area contributed by atoms with Crippen LogP contribution in [0.25, 0.3) is 0 Å². The van der Waals surface area contributed by atoms with Crippen molar-refractivity contribution >= 4 is 21.6 Å². The molecule has 1 aromatic heterocycles. The minimum absolute atomic E-state index is 0.446. The maximum Gasteiger partial charge on any atom is 0.141 e. The maximum atomic E-state index is 9.25. The number of hydrogen-bond donors (Lipinski definition) is 1. The van der Waals surface area contributed by atoms with Gasteiger partial charge in [-0.2, -0.15) is 5.26 Å². The summed E-state index contributed by atoms with van der Waals surface area (Å²) in [6, 6.07) is 11.1. The number of rotatable bonds is 4. The highest BCUT2D eigenvalue weighted by Crippen LogP contribution is 2.22. The first kappa shape index (κ1) is 13.4. The Kier molecular flexibility index (Phi) is 4.37. The number of pyridine rings is 1. The van der Waals surface area contributed by atoms with Crippen molar-refractivity contribution in [3.05, 3.63) is 52.8 Å². The van der Waals surface area contributed by atoms with Crippen LogP contribution in [0.5, 0.6) is 5.75 Å². The quantitative estimate of drug-likeness (QED) is 0.937. The number of nitriles is 1. The first-order valence-corrected chi connectivity index (χ1v) is 6.43. The average Bonchev–Trinajstić information content (AvgIpc) is 2.45. The minimum atomic E-state index is -0.446. The number of nitrogens with zero attached hydrogens (tertiary/aromatic N) is 2. The fourth-order valence-corrected chi connectivity index (χ4v) is 2.01. The number of anilines is 1. The smallest absolute Gasteiger partial charge is 0.141 e. The van der Waals surface area contributed by atoms with Crippen molar-refractivity contribution in [3.8, 4) is 11.8 Å². The molecule has 5 heteroatoms. The molecule has 4 nitrogen and oxygen atoms in total. The molecule has 1 unspecified atom stereocenters. The molecule has 0 radical (unpaired) electrons. The SMILES string of the molecule is COc1ccc(NC(C#N)c2cncc(Br)c2)cc1. The highest BCUT2D eigenvalue weighted by molar-refractivity contribution is 9.10. The second-order valence-electron chi connectivity index (χ2n) is 3.87. The number of nitrogens with one attached hydrogen (secondary N) is 1. The Bertz CT molecular complexity index is 592. The largest absolute Gasteiger partial charge is 0.497 e. The monoisotopic (exact) mass is 317 g/mol. The molecule has 0 bridgehead atoms. The van der Waals surface area contributed by atoms with Gasteiger partial charge >= 0.3 is 0 Å². The zero-order chi connectivity index (χ0) is 13.7. The highest BCUT2D eigenvalue weighted by Gasteiger charge is 2.11. The van der Waals surface area contributed by atoms with Crippen LogP contribution in [0.2, 0.25) is 0 Å². The number of aromatic nitrogens is 1. The summed E-state index contributed by atoms with van der Waals surface area (Å²) < 4.78 is 5.94. The van der Waals surface area contributed by atoms with Gasteiger partial charge < -0.3 is 10.1 Å². The van der Waals surface area contributed by atoms with Gasteiger partial charge in [0.05, 0.1) is 13.2 Å². The molecule has 2 rings (SSSR count). The molecule has 0 spiro atoms. The van der Waals surface area contributed by atoms with Crippen LogP contribution in [0.15, 0.2) is 47.2 Å². The molecule has 0 aliphatic rings. The van der Waals surface area contributed by atoms with Gasteiger partial charge in [-0.25, -0.2) is 0 Å². The molecule has 0 fully saturated rings. The van der Waals surface area contributed by atoms with Gasteiger partial charge in [0.15, 0.2) is 0 Å². The molecule has 0 saturated heterocycles. The molecular weight excluding hydrogens is 306 g/mol. The van der Waals surface area contributed by atoms with E-state index in [-0.39, 0.29) is 0 Å². The van der Waals surface area contributed by atoms with E-state index in [2.05, 4.69) is 32.3 Å². The Morgan fingerprint density at radius 2 is 2.05 bits per heavy atom. The van der Waals surface area contributed by atoms with Gasteiger partial charge in [0, 0.05) is 28.1 Å². The Balaban J connectivity index is 2.17. The molecular formula is C14H12BrN3O. The van der Waals surface area contributed by atoms with Crippen LogP contribution in [-0.2, 0) is 0 Å². The van der Waals surface area contributed by atoms with Crippen LogP contribution in [0.4, 0.5) is 5.69 Å². The summed E-state index contributed by atoms with van der Waals surface area (Å²) in [6.07, 6.45) is 3.36. The lowest BCUT2D eigenvalue weighted by molar-refractivity contribution is 0.415. The van der Waals surface area contributed by atoms with Crippen LogP contribution >= 0.6 is 15.9 Å². The van der Waals surface area contributed by atoms with Crippen molar-refractivity contribution in [2.24, 2.45) is 0 Å². The summed E-state index contributed by atoms with van der Waals surface area (Å²) in [5.74, 6) is 0.781. The number of benzene rings is 1. The number of ether oxygens (including phenoxy) is 1. The van der Waals surface area contributed by atoms with E-state index >= 15 is 0 Å². The van der Waals surface area contributed by atoms with E-state index in [1.807, 2.05) is 30.3 Å². The Hall–Kier alpha value is -2.06. The zero-order valence-electron chi connectivity index (χ0n) is 10.3. The van der Waals surface area contributed by atoms with Crippen molar-refractivity contribution in [1.29, 1.82) is 5.26 Å². The lowest BCUT2D eigenvalue weighted by Crippen LogP contribution is -2.08. The van der Waals surface area contributed by atoms with Gasteiger partial charge in [-0.3, -0.25) is 4.98 Å². The fourth-order valence-electron chi connectivity index (χ4n) is 1.63. The maximum absolute atomic E-state index is 9.25. The molecule has 0 aliphatic heterocycles. The summed E-state index contributed by atoms with van der Waals surface area (Å²) in [4.78, 5) is 4.06. The second-order valence-corrected chi connectivity index (χ2v) is 4.79. The number of methoxy groups -OCH3 is 1. The van der Waals surface area contributed by atoms with Crippen molar-refractivity contribution in [2.45, 2.75) is 6.04 Å². The minimum Gasteiger partial charge on any atom is -0.497 e. The third-order valence-corrected chi connectivity index (χ3v) is 3.02. The molecule has 96 valence electrons. The van der Waals surface area contributed by atoms with Crippen LogP contribution < -0.4 is 10.1 Å². The van der Waals surface area contributed by atoms with E-state index in [1.54, 1.807) is 19.5 Å². The summed E-state index contributed by atoms with van der Waals surface area (Å²) in [6.45, 7) is 0. The molecule has 0 saturated carbocycles. The third-order valence-electron chi connectivity index (χ3n) is 2.59. The van der Waals surface area contributed by atoms with Crippen LogP contribution in [0.1, 0.15) is 11.6 Å². The van der Waals surface area contributed by atoms with Crippen LogP contribution in [0, 0.1) is 11.3 Å². The van der Waals surface area contributed by atoms with Crippen LogP contribution in [0.3, 0.4) is 0 Å². The molecule has 1 heterocycles. The normalized spacial score (nSPS) is 11.4. The van der Waals surface area contributed by atoms with E-state index < -0.39 is 6.04 Å². The van der Waals surface area contributed by atoms with E-state index in [4.69, 9.17) is 4.74 Å². The molecule has 1 N–H and O–H groups in total. The van der Waals surface area contributed by atoms with E-state index in [0.29, 0.717) is 0 Å². The Morgan fingerprint density at radius 3 is 2.63 bits per heavy atom. The number of hydrogen-bond acceptors (Lipinski definition) is 4. The van der Waals surface area contributed by atoms with Gasteiger partial charge in [0.1, 0.15) is 11.8 Å². The van der Waals surface area contributed by atoms with E-state index in [9.17, 15) is 5.26 Å². The summed E-state index contributed by atoms with van der Waals surface area (Å²) >= 11 is 3.35. The second kappa shape index (κ2) is 6.21. The first-order chi connectivity index (χ1) is 9.22. The number of halogens is 1. The van der Waals surface area contributed by atoms with Gasteiger partial charge in [-0.15, -0.1) is 0 Å². The molecule has 2 aromatic rings. The van der Waals surface area contributed by atoms with Crippen molar-refractivity contribution in [1.82, 2.24) is 4.98 Å². The summed E-state index contributed by atoms with van der Waals surface area (Å²) in [5, 5.41) is 12.4.